The first-order valence-electron chi connectivity index (χ1n) is 29.0. The number of fused-ring (bicyclic) bond motifs is 15. The summed E-state index contributed by atoms with van der Waals surface area (Å²) in [5.41, 5.74) is 27.1. The molecule has 0 fully saturated rings. The molecule has 0 saturated heterocycles. The van der Waals surface area contributed by atoms with Gasteiger partial charge >= 0.3 is 0 Å². The van der Waals surface area contributed by atoms with E-state index in [0.29, 0.717) is 5.56 Å². The maximum absolute atomic E-state index is 13.2. The number of rotatable bonds is 5. The maximum atomic E-state index is 13.2. The third kappa shape index (κ3) is 6.89. The van der Waals surface area contributed by atoms with Gasteiger partial charge < -0.3 is 22.8 Å². The van der Waals surface area contributed by atoms with Crippen LogP contribution in [0.15, 0.2) is 182 Å². The summed E-state index contributed by atoms with van der Waals surface area (Å²) in [6.45, 7) is 21.9. The van der Waals surface area contributed by atoms with Crippen molar-refractivity contribution in [3.8, 4) is 34.5 Å². The van der Waals surface area contributed by atoms with Crippen molar-refractivity contribution >= 4 is 109 Å². The van der Waals surface area contributed by atoms with Crippen molar-refractivity contribution in [1.29, 1.82) is 5.26 Å². The molecule has 0 aliphatic heterocycles. The fourth-order valence-electron chi connectivity index (χ4n) is 14.3. The molecule has 0 N–H and O–H groups in total. The Morgan fingerprint density at radius 3 is 0.482 bits per heavy atom. The molecule has 398 valence electrons. The zero-order valence-electron chi connectivity index (χ0n) is 48.5. The summed E-state index contributed by atoms with van der Waals surface area (Å²) in [5.74, 6) is 0. The minimum absolute atomic E-state index is 0.551. The summed E-state index contributed by atoms with van der Waals surface area (Å²) >= 11 is 0. The Hall–Kier alpha value is -10.1. The normalized spacial score (nSPS) is 12.2. The largest absolute Gasteiger partial charge is 0.306 e. The van der Waals surface area contributed by atoms with Gasteiger partial charge in [-0.3, -0.25) is 0 Å². The first-order chi connectivity index (χ1) is 40.2. The zero-order chi connectivity index (χ0) is 56.6. The SMILES string of the molecule is Cc1ccc2c(c1)c1cc(C)ccc1n2-c1c(C#N)c(-n2c3ccc(C)cc3c3cc(C)ccc32)c(-n2c3ccc(C)cc3c3cc(C)ccc32)c(-n2c3ccc(C)cc3c3cc(C)ccc32)c1-n1c2ccc(C)cc2c2cc(C)ccc21. The number of nitrogens with zero attached hydrogens (tertiary/aromatic N) is 6. The summed E-state index contributed by atoms with van der Waals surface area (Å²) in [6, 6.07) is 72.2. The Balaban J connectivity index is 1.32. The van der Waals surface area contributed by atoms with E-state index in [1.807, 2.05) is 0 Å². The highest BCUT2D eigenvalue weighted by molar-refractivity contribution is 6.18. The molecule has 0 atom stereocenters. The molecule has 0 unspecified atom stereocenters. The lowest BCUT2D eigenvalue weighted by Gasteiger charge is -2.30. The van der Waals surface area contributed by atoms with Gasteiger partial charge in [0, 0.05) is 53.9 Å². The highest BCUT2D eigenvalue weighted by Gasteiger charge is 2.36. The number of hydrogen-bond donors (Lipinski definition) is 0. The smallest absolute Gasteiger partial charge is 0.105 e. The summed E-state index contributed by atoms with van der Waals surface area (Å²) < 4.78 is 12.5. The second kappa shape index (κ2) is 17.5. The van der Waals surface area contributed by atoms with Crippen molar-refractivity contribution < 1.29 is 0 Å². The molecule has 11 aromatic carbocycles. The minimum atomic E-state index is 0.551. The van der Waals surface area contributed by atoms with Gasteiger partial charge in [0.15, 0.2) is 0 Å². The van der Waals surface area contributed by atoms with Gasteiger partial charge in [-0.25, -0.2) is 0 Å². The Morgan fingerprint density at radius 1 is 0.205 bits per heavy atom. The highest BCUT2D eigenvalue weighted by Crippen LogP contribution is 2.52. The molecule has 5 heterocycles. The fraction of sp³-hybridized carbons (Fsp3) is 0.130. The number of benzene rings is 11. The van der Waals surface area contributed by atoms with Gasteiger partial charge in [0.25, 0.3) is 0 Å². The van der Waals surface area contributed by atoms with Crippen LogP contribution in [0.1, 0.15) is 61.2 Å². The number of aryl methyl sites for hydroxylation is 10. The molecule has 16 aromatic rings. The second-order valence-electron chi connectivity index (χ2n) is 24.1. The monoisotopic (exact) mass is 1070 g/mol. The first-order valence-corrected chi connectivity index (χ1v) is 29.0. The average Bonchev–Trinajstić information content (AvgIpc) is 1.69. The third-order valence-electron chi connectivity index (χ3n) is 18.0. The Kier molecular flexibility index (Phi) is 10.3. The van der Waals surface area contributed by atoms with E-state index >= 15 is 0 Å². The van der Waals surface area contributed by atoms with Crippen molar-refractivity contribution in [2.45, 2.75) is 69.2 Å². The van der Waals surface area contributed by atoms with E-state index in [9.17, 15) is 5.26 Å². The maximum Gasteiger partial charge on any atom is 0.105 e. The number of hydrogen-bond acceptors (Lipinski definition) is 1. The van der Waals surface area contributed by atoms with E-state index in [2.05, 4.69) is 280 Å². The van der Waals surface area contributed by atoms with Gasteiger partial charge in [-0.15, -0.1) is 0 Å². The van der Waals surface area contributed by atoms with Crippen LogP contribution in [-0.4, -0.2) is 22.8 Å². The van der Waals surface area contributed by atoms with E-state index in [4.69, 9.17) is 0 Å². The van der Waals surface area contributed by atoms with Crippen LogP contribution in [0.4, 0.5) is 0 Å². The van der Waals surface area contributed by atoms with E-state index in [-0.39, 0.29) is 0 Å². The van der Waals surface area contributed by atoms with Crippen molar-refractivity contribution in [3.05, 3.63) is 243 Å². The van der Waals surface area contributed by atoms with Crippen molar-refractivity contribution in [2.75, 3.05) is 0 Å². The lowest BCUT2D eigenvalue weighted by Crippen LogP contribution is -2.19. The Labute approximate surface area is 481 Å². The van der Waals surface area contributed by atoms with Gasteiger partial charge in [-0.2, -0.15) is 5.26 Å². The number of aromatic nitrogens is 5. The Morgan fingerprint density at radius 2 is 0.337 bits per heavy atom. The quantitative estimate of drug-likeness (QED) is 0.169. The summed E-state index contributed by atoms with van der Waals surface area (Å²) in [7, 11) is 0. The predicted octanol–water partition coefficient (Wildman–Crippen LogP) is 20.1. The molecule has 16 rings (SSSR count). The molecule has 6 nitrogen and oxygen atoms in total. The van der Waals surface area contributed by atoms with Gasteiger partial charge in [-0.05, 0) is 191 Å². The van der Waals surface area contributed by atoms with Gasteiger partial charge in [0.2, 0.25) is 0 Å². The standard InChI is InChI=1S/C77H60N6/c1-42-11-21-63-52(31-42)53-32-43(2)12-22-64(53)79(63)73-62(41-78)74(80-65-23-13-44(3)33-54(65)55-34-45(4)14-24-66(55)80)76(82-69-27-17-48(7)37-58(69)59-38-49(8)18-28-70(59)82)77(83-71-29-19-50(9)39-60(71)61-40-51(10)20-30-72(61)83)75(73)81-67-25-15-46(5)35-56(67)57-36-47(6)16-26-68(57)81/h11-40H,1-10H3. The summed E-state index contributed by atoms with van der Waals surface area (Å²) in [4.78, 5) is 0. The van der Waals surface area contributed by atoms with Crippen LogP contribution in [0.25, 0.3) is 137 Å². The highest BCUT2D eigenvalue weighted by atomic mass is 15.2. The third-order valence-corrected chi connectivity index (χ3v) is 18.0. The fourth-order valence-corrected chi connectivity index (χ4v) is 14.3. The molecule has 0 radical (unpaired) electrons. The predicted molar refractivity (Wildman–Crippen MR) is 350 cm³/mol. The molecule has 0 aliphatic carbocycles. The zero-order valence-corrected chi connectivity index (χ0v) is 48.5. The van der Waals surface area contributed by atoms with Crippen LogP contribution >= 0.6 is 0 Å². The van der Waals surface area contributed by atoms with E-state index < -0.39 is 0 Å². The molecule has 0 aliphatic rings. The summed E-state index contributed by atoms with van der Waals surface area (Å²) in [6.07, 6.45) is 0. The van der Waals surface area contributed by atoms with Crippen molar-refractivity contribution in [2.24, 2.45) is 0 Å². The van der Waals surface area contributed by atoms with E-state index in [1.165, 1.54) is 66.4 Å². The van der Waals surface area contributed by atoms with E-state index in [1.54, 1.807) is 0 Å². The number of nitriles is 1. The molecule has 6 heteroatoms. The van der Waals surface area contributed by atoms with Crippen LogP contribution in [-0.2, 0) is 0 Å². The minimum Gasteiger partial charge on any atom is -0.306 e. The molecular formula is C77H60N6. The van der Waals surface area contributed by atoms with Gasteiger partial charge in [0.05, 0.1) is 83.6 Å². The second-order valence-corrected chi connectivity index (χ2v) is 24.1. The Bertz CT molecular complexity index is 5060. The topological polar surface area (TPSA) is 48.4 Å². The van der Waals surface area contributed by atoms with Gasteiger partial charge in [-0.1, -0.05) is 116 Å². The molecule has 83 heavy (non-hydrogen) atoms. The van der Waals surface area contributed by atoms with Crippen molar-refractivity contribution in [1.82, 2.24) is 22.8 Å². The lowest BCUT2D eigenvalue weighted by atomic mass is 10.0. The lowest BCUT2D eigenvalue weighted by molar-refractivity contribution is 0.992. The van der Waals surface area contributed by atoms with Crippen molar-refractivity contribution in [3.63, 3.8) is 0 Å². The van der Waals surface area contributed by atoms with Crippen LogP contribution in [0.5, 0.6) is 0 Å². The first kappa shape index (κ1) is 48.8. The summed E-state index contributed by atoms with van der Waals surface area (Å²) in [5, 5.41) is 24.7. The van der Waals surface area contributed by atoms with Crippen LogP contribution in [0.2, 0.25) is 0 Å². The molecule has 0 bridgehead atoms. The van der Waals surface area contributed by atoms with Crippen LogP contribution in [0.3, 0.4) is 0 Å². The van der Waals surface area contributed by atoms with Crippen LogP contribution in [0, 0.1) is 80.6 Å². The molecule has 0 amide bonds. The molecule has 0 spiro atoms. The average molecular weight is 1070 g/mol. The van der Waals surface area contributed by atoms with Crippen LogP contribution < -0.4 is 0 Å². The molecule has 5 aromatic heterocycles. The molecule has 0 saturated carbocycles. The van der Waals surface area contributed by atoms with E-state index in [0.717, 1.165) is 127 Å². The van der Waals surface area contributed by atoms with Gasteiger partial charge in [0.1, 0.15) is 11.6 Å². The molecular weight excluding hydrogens is 1010 g/mol.